The maximum atomic E-state index is 9.58. The molecule has 3 N–H and O–H groups in total. The highest BCUT2D eigenvalue weighted by Crippen LogP contribution is 2.64. The van der Waals surface area contributed by atoms with Gasteiger partial charge < -0.3 is 15.6 Å². The molecule has 0 aromatic heterocycles. The molecule has 2 fully saturated rings. The van der Waals surface area contributed by atoms with E-state index in [1.807, 2.05) is 12.1 Å². The number of phenols is 1. The summed E-state index contributed by atoms with van der Waals surface area (Å²) in [6.07, 6.45) is 4.57. The first kappa shape index (κ1) is 9.97. The van der Waals surface area contributed by atoms with Crippen LogP contribution in [0, 0.1) is 0 Å². The predicted molar refractivity (Wildman–Crippen MR) is 61.7 cm³/mol. The minimum Gasteiger partial charge on any atom is -0.504 e. The third-order valence-corrected chi connectivity index (χ3v) is 4.22. The summed E-state index contributed by atoms with van der Waals surface area (Å²) >= 11 is 0. The Morgan fingerprint density at radius 2 is 1.94 bits per heavy atom. The second-order valence-corrected chi connectivity index (χ2v) is 5.12. The van der Waals surface area contributed by atoms with E-state index in [2.05, 4.69) is 0 Å². The molecule has 3 heteroatoms. The highest BCUT2D eigenvalue weighted by atomic mass is 16.5. The lowest BCUT2D eigenvalue weighted by Gasteiger charge is -2.23. The summed E-state index contributed by atoms with van der Waals surface area (Å²) in [6, 6.07) is 5.63. The number of hydrogen-bond acceptors (Lipinski definition) is 3. The second kappa shape index (κ2) is 2.92. The Bertz CT molecular complexity index is 434. The fourth-order valence-corrected chi connectivity index (χ4v) is 2.79. The van der Waals surface area contributed by atoms with Gasteiger partial charge >= 0.3 is 0 Å². The van der Waals surface area contributed by atoms with Gasteiger partial charge in [0.05, 0.1) is 7.11 Å². The van der Waals surface area contributed by atoms with E-state index in [1.165, 1.54) is 5.56 Å². The molecule has 0 amide bonds. The molecule has 16 heavy (non-hydrogen) atoms. The molecular formula is C13H17NO2. The topological polar surface area (TPSA) is 55.5 Å². The molecule has 0 bridgehead atoms. The average molecular weight is 219 g/mol. The van der Waals surface area contributed by atoms with Crippen LogP contribution in [-0.2, 0) is 5.41 Å². The van der Waals surface area contributed by atoms with Gasteiger partial charge in [-0.2, -0.15) is 0 Å². The average Bonchev–Trinajstić information content (AvgIpc) is 3.14. The van der Waals surface area contributed by atoms with Gasteiger partial charge in [-0.05, 0) is 43.4 Å². The van der Waals surface area contributed by atoms with Crippen LogP contribution >= 0.6 is 0 Å². The van der Waals surface area contributed by atoms with Crippen molar-refractivity contribution in [3.05, 3.63) is 23.8 Å². The van der Waals surface area contributed by atoms with E-state index in [0.717, 1.165) is 25.7 Å². The molecule has 2 saturated carbocycles. The number of nitrogens with two attached hydrogens (primary N) is 1. The van der Waals surface area contributed by atoms with Crippen molar-refractivity contribution in [2.24, 2.45) is 5.73 Å². The van der Waals surface area contributed by atoms with Crippen molar-refractivity contribution in [1.29, 1.82) is 0 Å². The van der Waals surface area contributed by atoms with E-state index in [0.29, 0.717) is 5.75 Å². The molecule has 0 aliphatic heterocycles. The minimum absolute atomic E-state index is 0.00891. The van der Waals surface area contributed by atoms with Gasteiger partial charge in [0, 0.05) is 11.0 Å². The second-order valence-electron chi connectivity index (χ2n) is 5.12. The Hall–Kier alpha value is -1.22. The van der Waals surface area contributed by atoms with Crippen molar-refractivity contribution >= 4 is 0 Å². The van der Waals surface area contributed by atoms with Crippen LogP contribution in [0.2, 0.25) is 0 Å². The normalized spacial score (nSPS) is 23.9. The molecular weight excluding hydrogens is 202 g/mol. The van der Waals surface area contributed by atoms with Crippen molar-refractivity contribution in [3.63, 3.8) is 0 Å². The van der Waals surface area contributed by atoms with Gasteiger partial charge in [0.15, 0.2) is 11.5 Å². The van der Waals surface area contributed by atoms with Crippen molar-refractivity contribution in [2.75, 3.05) is 7.11 Å². The molecule has 3 rings (SSSR count). The lowest BCUT2D eigenvalue weighted by molar-refractivity contribution is 0.371. The largest absolute Gasteiger partial charge is 0.504 e. The van der Waals surface area contributed by atoms with Gasteiger partial charge in [0.25, 0.3) is 0 Å². The molecule has 1 aromatic carbocycles. The molecule has 0 atom stereocenters. The van der Waals surface area contributed by atoms with Crippen LogP contribution in [0.25, 0.3) is 0 Å². The van der Waals surface area contributed by atoms with Crippen LogP contribution in [0.5, 0.6) is 11.5 Å². The van der Waals surface area contributed by atoms with E-state index in [1.54, 1.807) is 13.2 Å². The number of methoxy groups -OCH3 is 1. The summed E-state index contributed by atoms with van der Waals surface area (Å²) in [5.41, 5.74) is 7.74. The van der Waals surface area contributed by atoms with Crippen LogP contribution in [-0.4, -0.2) is 17.8 Å². The fourth-order valence-electron chi connectivity index (χ4n) is 2.79. The number of hydrogen-bond donors (Lipinski definition) is 2. The predicted octanol–water partition coefficient (Wildman–Crippen LogP) is 1.92. The summed E-state index contributed by atoms with van der Waals surface area (Å²) in [6.45, 7) is 0. The van der Waals surface area contributed by atoms with Crippen molar-refractivity contribution < 1.29 is 9.84 Å². The Morgan fingerprint density at radius 3 is 2.44 bits per heavy atom. The number of ether oxygens (including phenoxy) is 1. The zero-order valence-electron chi connectivity index (χ0n) is 9.49. The molecule has 1 aromatic rings. The van der Waals surface area contributed by atoms with Crippen LogP contribution in [0.4, 0.5) is 0 Å². The third kappa shape index (κ3) is 1.18. The third-order valence-electron chi connectivity index (χ3n) is 4.22. The van der Waals surface area contributed by atoms with Gasteiger partial charge in [-0.3, -0.25) is 0 Å². The summed E-state index contributed by atoms with van der Waals surface area (Å²) in [7, 11) is 1.58. The van der Waals surface area contributed by atoms with E-state index in [-0.39, 0.29) is 16.7 Å². The van der Waals surface area contributed by atoms with Crippen molar-refractivity contribution in [3.8, 4) is 11.5 Å². The van der Waals surface area contributed by atoms with Crippen LogP contribution in [0.1, 0.15) is 31.2 Å². The molecule has 2 aliphatic carbocycles. The molecule has 3 nitrogen and oxygen atoms in total. The molecule has 0 heterocycles. The van der Waals surface area contributed by atoms with Crippen LogP contribution in [0.3, 0.4) is 0 Å². The Kier molecular flexibility index (Phi) is 1.82. The first-order valence-electron chi connectivity index (χ1n) is 5.78. The van der Waals surface area contributed by atoms with Crippen molar-refractivity contribution in [2.45, 2.75) is 36.6 Å². The van der Waals surface area contributed by atoms with Gasteiger partial charge in [-0.15, -0.1) is 0 Å². The summed E-state index contributed by atoms with van der Waals surface area (Å²) in [4.78, 5) is 0. The summed E-state index contributed by atoms with van der Waals surface area (Å²) in [5, 5.41) is 9.58. The van der Waals surface area contributed by atoms with Crippen LogP contribution < -0.4 is 10.5 Å². The zero-order chi connectivity index (χ0) is 11.4. The molecule has 86 valence electrons. The lowest BCUT2D eigenvalue weighted by Crippen LogP contribution is -2.37. The smallest absolute Gasteiger partial charge is 0.160 e. The molecule has 0 spiro atoms. The first-order valence-corrected chi connectivity index (χ1v) is 5.78. The highest BCUT2D eigenvalue weighted by Gasteiger charge is 2.64. The first-order chi connectivity index (χ1) is 7.61. The molecule has 2 aliphatic rings. The van der Waals surface area contributed by atoms with Crippen LogP contribution in [0.15, 0.2) is 18.2 Å². The number of rotatable bonds is 3. The maximum Gasteiger partial charge on any atom is 0.160 e. The van der Waals surface area contributed by atoms with Crippen molar-refractivity contribution in [1.82, 2.24) is 0 Å². The molecule has 0 saturated heterocycles. The van der Waals surface area contributed by atoms with Gasteiger partial charge in [0.2, 0.25) is 0 Å². The van der Waals surface area contributed by atoms with Gasteiger partial charge in [-0.1, -0.05) is 6.07 Å². The highest BCUT2D eigenvalue weighted by molar-refractivity contribution is 5.49. The van der Waals surface area contributed by atoms with E-state index >= 15 is 0 Å². The number of benzene rings is 1. The molecule has 0 unspecified atom stereocenters. The number of phenolic OH excluding ortho intramolecular Hbond substituents is 1. The molecule has 0 radical (unpaired) electrons. The zero-order valence-corrected chi connectivity index (χ0v) is 9.49. The van der Waals surface area contributed by atoms with E-state index in [9.17, 15) is 5.11 Å². The summed E-state index contributed by atoms with van der Waals surface area (Å²) < 4.78 is 5.15. The summed E-state index contributed by atoms with van der Waals surface area (Å²) in [5.74, 6) is 0.747. The Balaban J connectivity index is 2.01. The maximum absolute atomic E-state index is 9.58. The fraction of sp³-hybridized carbons (Fsp3) is 0.538. The minimum atomic E-state index is 0.00891. The lowest BCUT2D eigenvalue weighted by atomic mass is 9.86. The van der Waals surface area contributed by atoms with E-state index < -0.39 is 0 Å². The van der Waals surface area contributed by atoms with E-state index in [4.69, 9.17) is 10.5 Å². The number of aromatic hydroxyl groups is 1. The van der Waals surface area contributed by atoms with Gasteiger partial charge in [0.1, 0.15) is 0 Å². The quantitative estimate of drug-likeness (QED) is 0.816. The Labute approximate surface area is 95.2 Å². The monoisotopic (exact) mass is 219 g/mol. The SMILES string of the molecule is COc1cc(C2(C3(N)CC3)CC2)ccc1O. The standard InChI is InChI=1S/C13H17NO2/c1-16-11-8-9(2-3-10(11)15)12(4-5-12)13(14)6-7-13/h2-3,8,15H,4-7,14H2,1H3. The Morgan fingerprint density at radius 1 is 1.25 bits per heavy atom. The van der Waals surface area contributed by atoms with Gasteiger partial charge in [-0.25, -0.2) is 0 Å².